The molecule has 1 aliphatic heterocycles. The number of carbonyl (C=O) groups is 3. The number of morpholine rings is 1. The van der Waals surface area contributed by atoms with Crippen molar-refractivity contribution in [2.24, 2.45) is 0 Å². The van der Waals surface area contributed by atoms with Gasteiger partial charge in [-0.3, -0.25) is 19.7 Å². The van der Waals surface area contributed by atoms with Gasteiger partial charge < -0.3 is 19.6 Å². The zero-order chi connectivity index (χ0) is 18.6. The number of nitro benzene ring substituents is 1. The first-order chi connectivity index (χ1) is 11.8. The molecule has 0 spiro atoms. The van der Waals surface area contributed by atoms with Crippen LogP contribution in [0.15, 0.2) is 18.2 Å². The Hall–Kier alpha value is -3.01. The molecule has 1 aromatic rings. The van der Waals surface area contributed by atoms with Crippen molar-refractivity contribution in [3.05, 3.63) is 39.4 Å². The van der Waals surface area contributed by atoms with E-state index in [0.717, 1.165) is 23.1 Å². The molecule has 0 aliphatic carbocycles. The number of benzene rings is 1. The number of carboxylic acids is 1. The highest BCUT2D eigenvalue weighted by molar-refractivity contribution is 5.99. The maximum atomic E-state index is 12.4. The second-order valence-corrected chi connectivity index (χ2v) is 5.49. The monoisotopic (exact) mass is 351 g/mol. The summed E-state index contributed by atoms with van der Waals surface area (Å²) in [6, 6.07) is 2.91. The summed E-state index contributed by atoms with van der Waals surface area (Å²) in [7, 11) is 1.37. The van der Waals surface area contributed by atoms with Gasteiger partial charge in [0.15, 0.2) is 0 Å². The molecule has 10 heteroatoms. The van der Waals surface area contributed by atoms with Crippen molar-refractivity contribution in [1.29, 1.82) is 0 Å². The van der Waals surface area contributed by atoms with Crippen LogP contribution in [-0.4, -0.2) is 77.5 Å². The lowest BCUT2D eigenvalue weighted by Gasteiger charge is -2.28. The molecule has 2 rings (SSSR count). The van der Waals surface area contributed by atoms with E-state index in [1.54, 1.807) is 4.90 Å². The normalized spacial score (nSPS) is 14.0. The second kappa shape index (κ2) is 7.71. The molecule has 0 atom stereocenters. The lowest BCUT2D eigenvalue weighted by molar-refractivity contribution is -0.384. The van der Waals surface area contributed by atoms with Crippen LogP contribution in [0.2, 0.25) is 0 Å². The largest absolute Gasteiger partial charge is 0.478 e. The smallest absolute Gasteiger partial charge is 0.335 e. The highest BCUT2D eigenvalue weighted by Crippen LogP contribution is 2.18. The maximum absolute atomic E-state index is 12.4. The predicted molar refractivity (Wildman–Crippen MR) is 84.4 cm³/mol. The number of ether oxygens (including phenoxy) is 1. The number of amides is 2. The quantitative estimate of drug-likeness (QED) is 0.593. The lowest BCUT2D eigenvalue weighted by atomic mass is 10.1. The molecule has 10 nitrogen and oxygen atoms in total. The Morgan fingerprint density at radius 3 is 2.40 bits per heavy atom. The third kappa shape index (κ3) is 4.51. The van der Waals surface area contributed by atoms with Crippen LogP contribution in [-0.2, 0) is 9.53 Å². The summed E-state index contributed by atoms with van der Waals surface area (Å²) >= 11 is 0. The van der Waals surface area contributed by atoms with Crippen LogP contribution in [0.25, 0.3) is 0 Å². The standard InChI is InChI=1S/C15H17N3O7/c1-16(9-13(19)17-2-4-25-5-3-17)14(20)10-6-11(15(21)22)8-12(7-10)18(23)24/h6-8H,2-5,9H2,1H3,(H,21,22). The number of carboxylic acid groups (broad SMARTS) is 1. The van der Waals surface area contributed by atoms with E-state index in [1.165, 1.54) is 7.05 Å². The van der Waals surface area contributed by atoms with Gasteiger partial charge in [-0.25, -0.2) is 4.79 Å². The molecular weight excluding hydrogens is 334 g/mol. The van der Waals surface area contributed by atoms with Crippen LogP contribution < -0.4 is 0 Å². The highest BCUT2D eigenvalue weighted by Gasteiger charge is 2.23. The summed E-state index contributed by atoms with van der Waals surface area (Å²) in [6.07, 6.45) is 0. The van der Waals surface area contributed by atoms with Crippen LogP contribution in [0.1, 0.15) is 20.7 Å². The number of non-ortho nitro benzene ring substituents is 1. The van der Waals surface area contributed by atoms with Gasteiger partial charge in [0.1, 0.15) is 0 Å². The molecule has 2 amide bonds. The summed E-state index contributed by atoms with van der Waals surface area (Å²) in [5, 5.41) is 20.0. The third-order valence-electron chi connectivity index (χ3n) is 3.71. The average Bonchev–Trinajstić information content (AvgIpc) is 2.61. The predicted octanol–water partition coefficient (Wildman–Crippen LogP) is 0.224. The molecule has 134 valence electrons. The van der Waals surface area contributed by atoms with Gasteiger partial charge >= 0.3 is 5.97 Å². The van der Waals surface area contributed by atoms with Gasteiger partial charge in [0, 0.05) is 37.8 Å². The van der Waals surface area contributed by atoms with Gasteiger partial charge in [-0.15, -0.1) is 0 Å². The Balaban J connectivity index is 2.16. The summed E-state index contributed by atoms with van der Waals surface area (Å²) in [5.74, 6) is -2.33. The Bertz CT molecular complexity index is 681. The van der Waals surface area contributed by atoms with Crippen LogP contribution in [0.4, 0.5) is 5.69 Å². The van der Waals surface area contributed by atoms with Crippen molar-refractivity contribution in [2.75, 3.05) is 39.9 Å². The van der Waals surface area contributed by atoms with E-state index < -0.39 is 22.5 Å². The van der Waals surface area contributed by atoms with Crippen molar-refractivity contribution < 1.29 is 29.2 Å². The van der Waals surface area contributed by atoms with Crippen LogP contribution >= 0.6 is 0 Å². The van der Waals surface area contributed by atoms with Crippen molar-refractivity contribution >= 4 is 23.5 Å². The Morgan fingerprint density at radius 1 is 1.24 bits per heavy atom. The van der Waals surface area contributed by atoms with E-state index in [4.69, 9.17) is 9.84 Å². The summed E-state index contributed by atoms with van der Waals surface area (Å²) in [4.78, 5) is 48.5. The first-order valence-electron chi connectivity index (χ1n) is 7.43. The van der Waals surface area contributed by atoms with Gasteiger partial charge in [0.05, 0.1) is 30.2 Å². The number of likely N-dealkylation sites (N-methyl/N-ethyl adjacent to an activating group) is 1. The van der Waals surface area contributed by atoms with Crippen LogP contribution in [0.5, 0.6) is 0 Å². The van der Waals surface area contributed by atoms with E-state index in [1.807, 2.05) is 0 Å². The zero-order valence-electron chi connectivity index (χ0n) is 13.5. The molecule has 1 aromatic carbocycles. The minimum atomic E-state index is -1.38. The van der Waals surface area contributed by atoms with Crippen molar-refractivity contribution in [2.45, 2.75) is 0 Å². The minimum absolute atomic E-state index is 0.163. The first kappa shape index (κ1) is 18.3. The summed E-state index contributed by atoms with van der Waals surface area (Å²) in [6.45, 7) is 1.50. The molecule has 1 heterocycles. The molecule has 0 aromatic heterocycles. The number of hydrogen-bond donors (Lipinski definition) is 1. The maximum Gasteiger partial charge on any atom is 0.335 e. The molecule has 0 bridgehead atoms. The van der Waals surface area contributed by atoms with E-state index in [9.17, 15) is 24.5 Å². The van der Waals surface area contributed by atoms with E-state index in [-0.39, 0.29) is 23.6 Å². The molecule has 1 fully saturated rings. The molecule has 1 aliphatic rings. The SMILES string of the molecule is CN(CC(=O)N1CCOCC1)C(=O)c1cc(C(=O)O)cc([N+](=O)[O-])c1. The Labute approximate surface area is 142 Å². The van der Waals surface area contributed by atoms with Crippen molar-refractivity contribution in [1.82, 2.24) is 9.80 Å². The van der Waals surface area contributed by atoms with Crippen molar-refractivity contribution in [3.8, 4) is 0 Å². The van der Waals surface area contributed by atoms with E-state index >= 15 is 0 Å². The topological polar surface area (TPSA) is 130 Å². The molecule has 0 saturated carbocycles. The molecule has 25 heavy (non-hydrogen) atoms. The Kier molecular flexibility index (Phi) is 5.65. The fourth-order valence-corrected chi connectivity index (χ4v) is 2.37. The summed E-state index contributed by atoms with van der Waals surface area (Å²) in [5.41, 5.74) is -1.04. The Morgan fingerprint density at radius 2 is 1.84 bits per heavy atom. The number of nitrogens with zero attached hydrogens (tertiary/aromatic N) is 3. The first-order valence-corrected chi connectivity index (χ1v) is 7.43. The number of nitro groups is 1. The summed E-state index contributed by atoms with van der Waals surface area (Å²) < 4.78 is 5.15. The average molecular weight is 351 g/mol. The van der Waals surface area contributed by atoms with Crippen molar-refractivity contribution in [3.63, 3.8) is 0 Å². The van der Waals surface area contributed by atoms with Gasteiger partial charge in [-0.05, 0) is 6.07 Å². The van der Waals surface area contributed by atoms with Gasteiger partial charge in [0.2, 0.25) is 5.91 Å². The number of aromatic carboxylic acids is 1. The third-order valence-corrected chi connectivity index (χ3v) is 3.71. The number of hydrogen-bond acceptors (Lipinski definition) is 6. The molecule has 1 N–H and O–H groups in total. The van der Waals surface area contributed by atoms with Gasteiger partial charge in [0.25, 0.3) is 11.6 Å². The van der Waals surface area contributed by atoms with Crippen LogP contribution in [0, 0.1) is 10.1 Å². The van der Waals surface area contributed by atoms with E-state index in [0.29, 0.717) is 26.3 Å². The van der Waals surface area contributed by atoms with Crippen LogP contribution in [0.3, 0.4) is 0 Å². The second-order valence-electron chi connectivity index (χ2n) is 5.49. The fourth-order valence-electron chi connectivity index (χ4n) is 2.37. The zero-order valence-corrected chi connectivity index (χ0v) is 13.5. The minimum Gasteiger partial charge on any atom is -0.478 e. The number of rotatable bonds is 5. The molecule has 0 radical (unpaired) electrons. The van der Waals surface area contributed by atoms with E-state index in [2.05, 4.69) is 0 Å². The van der Waals surface area contributed by atoms with Gasteiger partial charge in [-0.1, -0.05) is 0 Å². The molecule has 0 unspecified atom stereocenters. The fraction of sp³-hybridized carbons (Fsp3) is 0.400. The highest BCUT2D eigenvalue weighted by atomic mass is 16.6. The van der Waals surface area contributed by atoms with Gasteiger partial charge in [-0.2, -0.15) is 0 Å². The molecule has 1 saturated heterocycles. The number of carbonyl (C=O) groups excluding carboxylic acids is 2. The lowest BCUT2D eigenvalue weighted by Crippen LogP contribution is -2.46. The molecular formula is C15H17N3O7.